The summed E-state index contributed by atoms with van der Waals surface area (Å²) >= 11 is 0. The Bertz CT molecular complexity index is 625. The predicted octanol–water partition coefficient (Wildman–Crippen LogP) is 2.92. The Balaban J connectivity index is 2.38. The SMILES string of the molecule is CC(=O)C(c1ccc([C]=O)cc1)c1ccc([C@@H](C)O)cc1. The molecular weight excluding hydrogens is 264 g/mol. The highest BCUT2D eigenvalue weighted by atomic mass is 16.3. The Morgan fingerprint density at radius 2 is 1.38 bits per heavy atom. The number of benzene rings is 2. The number of Topliss-reactive ketones (excluding diaryl/α,β-unsaturated/α-hetero) is 1. The number of rotatable bonds is 5. The average molecular weight is 281 g/mol. The van der Waals surface area contributed by atoms with E-state index >= 15 is 0 Å². The van der Waals surface area contributed by atoms with Crippen LogP contribution in [0, 0.1) is 0 Å². The lowest BCUT2D eigenvalue weighted by Gasteiger charge is -2.16. The Morgan fingerprint density at radius 3 is 1.76 bits per heavy atom. The number of carbonyl (C=O) groups excluding carboxylic acids is 2. The fourth-order valence-electron chi connectivity index (χ4n) is 2.37. The maximum atomic E-state index is 12.0. The normalized spacial score (nSPS) is 13.5. The summed E-state index contributed by atoms with van der Waals surface area (Å²) in [6.45, 7) is 3.25. The molecule has 2 rings (SSSR count). The number of hydrogen-bond acceptors (Lipinski definition) is 3. The van der Waals surface area contributed by atoms with Gasteiger partial charge in [0.15, 0.2) is 0 Å². The molecule has 1 N–H and O–H groups in total. The van der Waals surface area contributed by atoms with Crippen molar-refractivity contribution in [3.63, 3.8) is 0 Å². The highest BCUT2D eigenvalue weighted by Gasteiger charge is 2.19. The van der Waals surface area contributed by atoms with Crippen LogP contribution >= 0.6 is 0 Å². The lowest BCUT2D eigenvalue weighted by atomic mass is 9.87. The van der Waals surface area contributed by atoms with Crippen LogP contribution in [-0.4, -0.2) is 17.2 Å². The summed E-state index contributed by atoms with van der Waals surface area (Å²) in [5.74, 6) is -0.337. The minimum Gasteiger partial charge on any atom is -0.389 e. The molecule has 2 aromatic carbocycles. The predicted molar refractivity (Wildman–Crippen MR) is 80.8 cm³/mol. The molecule has 1 radical (unpaired) electrons. The summed E-state index contributed by atoms with van der Waals surface area (Å²) in [7, 11) is 0. The van der Waals surface area contributed by atoms with Crippen molar-refractivity contribution in [3.05, 3.63) is 70.8 Å². The summed E-state index contributed by atoms with van der Waals surface area (Å²) in [6.07, 6.45) is 1.29. The van der Waals surface area contributed by atoms with Crippen LogP contribution in [0.2, 0.25) is 0 Å². The van der Waals surface area contributed by atoms with Gasteiger partial charge in [0.2, 0.25) is 6.29 Å². The van der Waals surface area contributed by atoms with E-state index < -0.39 is 6.10 Å². The molecule has 0 heterocycles. The first-order valence-electron chi connectivity index (χ1n) is 6.79. The molecule has 0 amide bonds. The standard InChI is InChI=1S/C18H17O3/c1-12(20)15-7-9-17(10-8-15)18(13(2)21)16-5-3-14(11-19)4-6-16/h3-10,12,18,20H,1-2H3/t12-,18?/m1/s1. The van der Waals surface area contributed by atoms with Crippen LogP contribution in [0.5, 0.6) is 0 Å². The molecule has 2 atom stereocenters. The van der Waals surface area contributed by atoms with Crippen molar-refractivity contribution in [3.8, 4) is 0 Å². The van der Waals surface area contributed by atoms with E-state index in [1.165, 1.54) is 0 Å². The van der Waals surface area contributed by atoms with Gasteiger partial charge in [-0.3, -0.25) is 9.59 Å². The summed E-state index contributed by atoms with van der Waals surface area (Å²) in [4.78, 5) is 22.6. The monoisotopic (exact) mass is 281 g/mol. The fraction of sp³-hybridized carbons (Fsp3) is 0.222. The zero-order valence-electron chi connectivity index (χ0n) is 12.0. The average Bonchev–Trinajstić information content (AvgIpc) is 2.48. The zero-order chi connectivity index (χ0) is 15.4. The number of hydrogen-bond donors (Lipinski definition) is 1. The second kappa shape index (κ2) is 6.46. The van der Waals surface area contributed by atoms with Gasteiger partial charge in [0.25, 0.3) is 0 Å². The number of aliphatic hydroxyl groups is 1. The molecule has 0 saturated carbocycles. The summed E-state index contributed by atoms with van der Waals surface area (Å²) < 4.78 is 0. The molecule has 0 aliphatic rings. The van der Waals surface area contributed by atoms with E-state index in [1.807, 2.05) is 30.6 Å². The van der Waals surface area contributed by atoms with E-state index in [0.717, 1.165) is 16.7 Å². The third-order valence-electron chi connectivity index (χ3n) is 3.52. The van der Waals surface area contributed by atoms with Crippen LogP contribution in [0.3, 0.4) is 0 Å². The molecule has 3 nitrogen and oxygen atoms in total. The van der Waals surface area contributed by atoms with Crippen LogP contribution < -0.4 is 0 Å². The second-order valence-electron chi connectivity index (χ2n) is 5.11. The first-order valence-corrected chi connectivity index (χ1v) is 6.79. The Morgan fingerprint density at radius 1 is 0.952 bits per heavy atom. The summed E-state index contributed by atoms with van der Waals surface area (Å²) in [5.41, 5.74) is 2.98. The maximum Gasteiger partial charge on any atom is 0.233 e. The molecule has 0 fully saturated rings. The Kier molecular flexibility index (Phi) is 4.66. The van der Waals surface area contributed by atoms with Crippen molar-refractivity contribution in [1.29, 1.82) is 0 Å². The van der Waals surface area contributed by atoms with Gasteiger partial charge in [-0.15, -0.1) is 0 Å². The largest absolute Gasteiger partial charge is 0.389 e. The Hall–Kier alpha value is -2.26. The molecule has 107 valence electrons. The molecular formula is C18H17O3. The van der Waals surface area contributed by atoms with Crippen molar-refractivity contribution in [2.24, 2.45) is 0 Å². The molecule has 0 aromatic heterocycles. The van der Waals surface area contributed by atoms with Gasteiger partial charge in [-0.05, 0) is 30.5 Å². The van der Waals surface area contributed by atoms with E-state index in [9.17, 15) is 14.7 Å². The molecule has 3 heteroatoms. The van der Waals surface area contributed by atoms with E-state index in [2.05, 4.69) is 0 Å². The van der Waals surface area contributed by atoms with Crippen LogP contribution in [0.4, 0.5) is 0 Å². The van der Waals surface area contributed by atoms with Crippen LogP contribution in [-0.2, 0) is 9.59 Å². The minimum absolute atomic E-state index is 0.0302. The van der Waals surface area contributed by atoms with Crippen molar-refractivity contribution < 1.29 is 14.7 Å². The first kappa shape index (κ1) is 15.1. The third kappa shape index (κ3) is 3.44. The van der Waals surface area contributed by atoms with Crippen LogP contribution in [0.1, 0.15) is 48.1 Å². The topological polar surface area (TPSA) is 54.4 Å². The lowest BCUT2D eigenvalue weighted by molar-refractivity contribution is -0.117. The number of ketones is 1. The quantitative estimate of drug-likeness (QED) is 0.916. The molecule has 0 saturated heterocycles. The summed E-state index contributed by atoms with van der Waals surface area (Å²) in [5, 5.41) is 9.53. The van der Waals surface area contributed by atoms with E-state index in [0.29, 0.717) is 5.56 Å². The van der Waals surface area contributed by atoms with Gasteiger partial charge < -0.3 is 5.11 Å². The van der Waals surface area contributed by atoms with Gasteiger partial charge in [-0.1, -0.05) is 48.5 Å². The van der Waals surface area contributed by atoms with Crippen molar-refractivity contribution in [1.82, 2.24) is 0 Å². The molecule has 21 heavy (non-hydrogen) atoms. The van der Waals surface area contributed by atoms with E-state index in [1.54, 1.807) is 38.1 Å². The number of carbonyl (C=O) groups is 1. The zero-order valence-corrected chi connectivity index (χ0v) is 12.0. The molecule has 0 bridgehead atoms. The summed E-state index contributed by atoms with van der Waals surface area (Å²) in [6, 6.07) is 14.2. The number of aliphatic hydroxyl groups excluding tert-OH is 1. The van der Waals surface area contributed by atoms with Crippen molar-refractivity contribution >= 4 is 12.1 Å². The van der Waals surface area contributed by atoms with Gasteiger partial charge in [-0.25, -0.2) is 0 Å². The fourth-order valence-corrected chi connectivity index (χ4v) is 2.37. The highest BCUT2D eigenvalue weighted by molar-refractivity contribution is 5.87. The first-order chi connectivity index (χ1) is 10.0. The van der Waals surface area contributed by atoms with Gasteiger partial charge in [0.1, 0.15) is 5.78 Å². The minimum atomic E-state index is -0.530. The van der Waals surface area contributed by atoms with Crippen LogP contribution in [0.25, 0.3) is 0 Å². The highest BCUT2D eigenvalue weighted by Crippen LogP contribution is 2.27. The van der Waals surface area contributed by atoms with Gasteiger partial charge in [-0.2, -0.15) is 0 Å². The molecule has 0 spiro atoms. The smallest absolute Gasteiger partial charge is 0.233 e. The molecule has 2 aromatic rings. The van der Waals surface area contributed by atoms with Crippen molar-refractivity contribution in [2.45, 2.75) is 25.9 Å². The lowest BCUT2D eigenvalue weighted by Crippen LogP contribution is -2.10. The molecule has 1 unspecified atom stereocenters. The second-order valence-corrected chi connectivity index (χ2v) is 5.11. The maximum absolute atomic E-state index is 12.0. The van der Waals surface area contributed by atoms with Gasteiger partial charge in [0, 0.05) is 5.56 Å². The van der Waals surface area contributed by atoms with Crippen molar-refractivity contribution in [2.75, 3.05) is 0 Å². The van der Waals surface area contributed by atoms with Crippen LogP contribution in [0.15, 0.2) is 48.5 Å². The Labute approximate surface area is 124 Å². The van der Waals surface area contributed by atoms with E-state index in [4.69, 9.17) is 0 Å². The van der Waals surface area contributed by atoms with Gasteiger partial charge in [0.05, 0.1) is 12.0 Å². The van der Waals surface area contributed by atoms with E-state index in [-0.39, 0.29) is 11.7 Å². The molecule has 0 aliphatic heterocycles. The third-order valence-corrected chi connectivity index (χ3v) is 3.52. The molecule has 0 aliphatic carbocycles. The van der Waals surface area contributed by atoms with Gasteiger partial charge >= 0.3 is 0 Å².